The van der Waals surface area contributed by atoms with Gasteiger partial charge in [0, 0.05) is 23.8 Å². The molecule has 1 aromatic carbocycles. The number of rotatable bonds is 4. The van der Waals surface area contributed by atoms with E-state index in [1.54, 1.807) is 23.6 Å². The lowest BCUT2D eigenvalue weighted by atomic mass is 10.2. The molecule has 138 valence electrons. The minimum absolute atomic E-state index is 0.517. The predicted octanol–water partition coefficient (Wildman–Crippen LogP) is 6.07. The van der Waals surface area contributed by atoms with Crippen molar-refractivity contribution in [3.8, 4) is 5.95 Å². The van der Waals surface area contributed by atoms with E-state index in [2.05, 4.69) is 15.3 Å². The molecule has 0 saturated carbocycles. The van der Waals surface area contributed by atoms with Crippen LogP contribution in [0.2, 0.25) is 15.1 Å². The van der Waals surface area contributed by atoms with E-state index in [4.69, 9.17) is 39.8 Å². The third kappa shape index (κ3) is 3.50. The molecule has 0 fully saturated rings. The van der Waals surface area contributed by atoms with E-state index in [0.717, 1.165) is 26.5 Å². The van der Waals surface area contributed by atoms with Crippen LogP contribution in [0.4, 0.5) is 5.82 Å². The van der Waals surface area contributed by atoms with Crippen molar-refractivity contribution in [1.29, 1.82) is 0 Å². The zero-order valence-electron chi connectivity index (χ0n) is 14.4. The Morgan fingerprint density at radius 2 is 1.93 bits per heavy atom. The topological polar surface area (TPSA) is 55.6 Å². The highest BCUT2D eigenvalue weighted by Crippen LogP contribution is 2.38. The number of anilines is 1. The van der Waals surface area contributed by atoms with Gasteiger partial charge in [0.05, 0.1) is 20.5 Å². The summed E-state index contributed by atoms with van der Waals surface area (Å²) < 4.78 is 1.84. The number of halogens is 3. The van der Waals surface area contributed by atoms with E-state index < -0.39 is 0 Å². The minimum Gasteiger partial charge on any atom is -0.365 e. The maximum atomic E-state index is 6.52. The SMILES string of the molecule is Cc1sc2nc(-n3ccnc3C)nc(NCc3ccc(Cl)c(Cl)c3)c2c1Cl. The quantitative estimate of drug-likeness (QED) is 0.420. The van der Waals surface area contributed by atoms with Crippen LogP contribution in [-0.2, 0) is 6.54 Å². The first-order valence-corrected chi connectivity index (χ1v) is 10.0. The summed E-state index contributed by atoms with van der Waals surface area (Å²) in [6, 6.07) is 5.52. The van der Waals surface area contributed by atoms with Crippen molar-refractivity contribution >= 4 is 62.2 Å². The van der Waals surface area contributed by atoms with E-state index in [1.165, 1.54) is 0 Å². The van der Waals surface area contributed by atoms with Gasteiger partial charge in [0.25, 0.3) is 0 Å². The summed E-state index contributed by atoms with van der Waals surface area (Å²) in [5, 5.41) is 5.89. The molecule has 0 aliphatic rings. The lowest BCUT2D eigenvalue weighted by Crippen LogP contribution is -2.07. The molecule has 0 aliphatic heterocycles. The molecule has 1 N–H and O–H groups in total. The fourth-order valence-electron chi connectivity index (χ4n) is 2.73. The van der Waals surface area contributed by atoms with Crippen molar-refractivity contribution in [3.05, 3.63) is 61.9 Å². The average molecular weight is 439 g/mol. The summed E-state index contributed by atoms with van der Waals surface area (Å²) in [6.45, 7) is 4.40. The third-order valence-electron chi connectivity index (χ3n) is 4.13. The number of hydrogen-bond donors (Lipinski definition) is 1. The Morgan fingerprint density at radius 3 is 2.63 bits per heavy atom. The van der Waals surface area contributed by atoms with Gasteiger partial charge < -0.3 is 5.32 Å². The maximum Gasteiger partial charge on any atom is 0.238 e. The van der Waals surface area contributed by atoms with Gasteiger partial charge in [0.1, 0.15) is 16.5 Å². The number of imidazole rings is 1. The molecule has 0 saturated heterocycles. The lowest BCUT2D eigenvalue weighted by molar-refractivity contribution is 0.893. The van der Waals surface area contributed by atoms with Gasteiger partial charge in [-0.05, 0) is 31.5 Å². The Balaban J connectivity index is 1.77. The highest BCUT2D eigenvalue weighted by molar-refractivity contribution is 7.19. The van der Waals surface area contributed by atoms with E-state index in [9.17, 15) is 0 Å². The number of nitrogens with zero attached hydrogens (tertiary/aromatic N) is 4. The molecule has 0 spiro atoms. The Labute approximate surface area is 175 Å². The van der Waals surface area contributed by atoms with Crippen LogP contribution in [0, 0.1) is 13.8 Å². The van der Waals surface area contributed by atoms with Crippen LogP contribution >= 0.6 is 46.1 Å². The average Bonchev–Trinajstić information content (AvgIpc) is 3.19. The summed E-state index contributed by atoms with van der Waals surface area (Å²) in [5.41, 5.74) is 0.986. The largest absolute Gasteiger partial charge is 0.365 e. The van der Waals surface area contributed by atoms with Gasteiger partial charge in [0.2, 0.25) is 5.95 Å². The second-order valence-corrected chi connectivity index (χ2v) is 8.37. The fraction of sp³-hybridized carbons (Fsp3) is 0.167. The number of hydrogen-bond acceptors (Lipinski definition) is 5. The monoisotopic (exact) mass is 437 g/mol. The molecule has 0 aliphatic carbocycles. The molecular weight excluding hydrogens is 425 g/mol. The van der Waals surface area contributed by atoms with Gasteiger partial charge in [-0.25, -0.2) is 9.97 Å². The maximum absolute atomic E-state index is 6.52. The van der Waals surface area contributed by atoms with Crippen molar-refractivity contribution < 1.29 is 0 Å². The van der Waals surface area contributed by atoms with E-state index in [1.807, 2.05) is 36.7 Å². The minimum atomic E-state index is 0.517. The first kappa shape index (κ1) is 18.5. The first-order chi connectivity index (χ1) is 12.9. The highest BCUT2D eigenvalue weighted by atomic mass is 35.5. The lowest BCUT2D eigenvalue weighted by Gasteiger charge is -2.11. The Morgan fingerprint density at radius 1 is 1.11 bits per heavy atom. The smallest absolute Gasteiger partial charge is 0.238 e. The molecule has 27 heavy (non-hydrogen) atoms. The van der Waals surface area contributed by atoms with Crippen molar-refractivity contribution in [2.45, 2.75) is 20.4 Å². The van der Waals surface area contributed by atoms with Crippen LogP contribution in [0.25, 0.3) is 16.2 Å². The fourth-order valence-corrected chi connectivity index (χ4v) is 4.31. The zero-order chi connectivity index (χ0) is 19.1. The Bertz CT molecular complexity index is 1150. The van der Waals surface area contributed by atoms with Crippen molar-refractivity contribution in [2.24, 2.45) is 0 Å². The van der Waals surface area contributed by atoms with Gasteiger partial charge in [0.15, 0.2) is 0 Å². The van der Waals surface area contributed by atoms with Gasteiger partial charge in [-0.2, -0.15) is 4.98 Å². The number of aryl methyl sites for hydroxylation is 2. The summed E-state index contributed by atoms with van der Waals surface area (Å²) >= 11 is 20.2. The Hall–Kier alpha value is -1.86. The van der Waals surface area contributed by atoms with Crippen molar-refractivity contribution in [3.63, 3.8) is 0 Å². The Kier molecular flexibility index (Phi) is 4.99. The summed E-state index contributed by atoms with van der Waals surface area (Å²) in [5.74, 6) is 2.03. The van der Waals surface area contributed by atoms with Crippen LogP contribution in [0.15, 0.2) is 30.6 Å². The molecule has 0 atom stereocenters. The number of nitrogens with one attached hydrogen (secondary N) is 1. The first-order valence-electron chi connectivity index (χ1n) is 8.09. The number of thiophene rings is 1. The molecule has 3 heterocycles. The molecule has 0 bridgehead atoms. The second kappa shape index (κ2) is 7.28. The summed E-state index contributed by atoms with van der Waals surface area (Å²) in [4.78, 5) is 15.4. The van der Waals surface area contributed by atoms with Gasteiger partial charge >= 0.3 is 0 Å². The molecule has 9 heteroatoms. The van der Waals surface area contributed by atoms with E-state index >= 15 is 0 Å². The van der Waals surface area contributed by atoms with Crippen LogP contribution in [0.5, 0.6) is 0 Å². The third-order valence-corrected chi connectivity index (χ3v) is 6.45. The summed E-state index contributed by atoms with van der Waals surface area (Å²) in [7, 11) is 0. The van der Waals surface area contributed by atoms with E-state index in [-0.39, 0.29) is 0 Å². The molecule has 3 aromatic heterocycles. The van der Waals surface area contributed by atoms with Crippen molar-refractivity contribution in [1.82, 2.24) is 19.5 Å². The van der Waals surface area contributed by atoms with Crippen LogP contribution in [0.3, 0.4) is 0 Å². The molecule has 5 nitrogen and oxygen atoms in total. The van der Waals surface area contributed by atoms with Crippen LogP contribution in [0.1, 0.15) is 16.3 Å². The van der Waals surface area contributed by atoms with Gasteiger partial charge in [-0.3, -0.25) is 4.57 Å². The second-order valence-electron chi connectivity index (χ2n) is 5.97. The van der Waals surface area contributed by atoms with Gasteiger partial charge in [-0.15, -0.1) is 11.3 Å². The van der Waals surface area contributed by atoms with Crippen LogP contribution in [-0.4, -0.2) is 19.5 Å². The van der Waals surface area contributed by atoms with E-state index in [0.29, 0.717) is 33.4 Å². The predicted molar refractivity (Wildman–Crippen MR) is 113 cm³/mol. The molecule has 0 amide bonds. The highest BCUT2D eigenvalue weighted by Gasteiger charge is 2.17. The van der Waals surface area contributed by atoms with Crippen LogP contribution < -0.4 is 5.32 Å². The normalized spacial score (nSPS) is 11.3. The zero-order valence-corrected chi connectivity index (χ0v) is 17.5. The number of fused-ring (bicyclic) bond motifs is 1. The summed E-state index contributed by atoms with van der Waals surface area (Å²) in [6.07, 6.45) is 3.56. The number of aromatic nitrogens is 4. The molecule has 4 aromatic rings. The molecular formula is C18H14Cl3N5S. The molecule has 0 unspecified atom stereocenters. The molecule has 4 rings (SSSR count). The number of benzene rings is 1. The van der Waals surface area contributed by atoms with Gasteiger partial charge in [-0.1, -0.05) is 40.9 Å². The standard InChI is InChI=1S/C18H14Cl3N5S/c1-9-15(21)14-16(23-8-11-3-4-12(19)13(20)7-11)24-18(25-17(14)27-9)26-6-5-22-10(26)2/h3-7H,8H2,1-2H3,(H,23,24,25). The molecule has 0 radical (unpaired) electrons. The van der Waals surface area contributed by atoms with Crippen molar-refractivity contribution in [2.75, 3.05) is 5.32 Å².